The quantitative estimate of drug-likeness (QED) is 0.689. The first kappa shape index (κ1) is 21.1. The molecule has 0 aliphatic heterocycles. The van der Waals surface area contributed by atoms with Crippen LogP contribution in [0.25, 0.3) is 0 Å². The summed E-state index contributed by atoms with van der Waals surface area (Å²) in [6.45, 7) is 4.08. The first-order chi connectivity index (χ1) is 12.7. The van der Waals surface area contributed by atoms with Gasteiger partial charge in [-0.2, -0.15) is 0 Å². The van der Waals surface area contributed by atoms with Gasteiger partial charge in [0.05, 0.1) is 26.2 Å². The normalized spacial score (nSPS) is 11.5. The number of hydrogen-bond donors (Lipinski definition) is 0. The maximum absolute atomic E-state index is 12.9. The van der Waals surface area contributed by atoms with Crippen molar-refractivity contribution in [2.75, 3.05) is 34.9 Å². The number of nitrogens with zero attached hydrogens (tertiary/aromatic N) is 1. The number of rotatable bonds is 8. The van der Waals surface area contributed by atoms with Crippen molar-refractivity contribution in [1.82, 2.24) is 4.31 Å². The van der Waals surface area contributed by atoms with Gasteiger partial charge < -0.3 is 14.2 Å². The zero-order valence-corrected chi connectivity index (χ0v) is 17.5. The van der Waals surface area contributed by atoms with Crippen LogP contribution in [0.15, 0.2) is 35.2 Å². The predicted octanol–water partition coefficient (Wildman–Crippen LogP) is 3.19. The standard InChI is InChI=1S/C20H27NO5S/c1-14-7-8-19(15(2)11-14)27(22,23)21(3)10-9-16-12-17(24-4)20(26-6)18(13-16)25-5/h7-8,11-13H,9-10H2,1-6H3. The summed E-state index contributed by atoms with van der Waals surface area (Å²) >= 11 is 0. The van der Waals surface area contributed by atoms with Crippen LogP contribution in [0.2, 0.25) is 0 Å². The summed E-state index contributed by atoms with van der Waals surface area (Å²) in [5, 5.41) is 0. The van der Waals surface area contributed by atoms with Gasteiger partial charge in [-0.25, -0.2) is 12.7 Å². The highest BCUT2D eigenvalue weighted by molar-refractivity contribution is 7.89. The minimum absolute atomic E-state index is 0.328. The second-order valence-corrected chi connectivity index (χ2v) is 8.39. The highest BCUT2D eigenvalue weighted by atomic mass is 32.2. The SMILES string of the molecule is COc1cc(CCN(C)S(=O)(=O)c2ccc(C)cc2C)cc(OC)c1OC. The van der Waals surface area contributed by atoms with Crippen molar-refractivity contribution in [2.45, 2.75) is 25.2 Å². The van der Waals surface area contributed by atoms with E-state index in [4.69, 9.17) is 14.2 Å². The van der Waals surface area contributed by atoms with E-state index in [2.05, 4.69) is 0 Å². The minimum Gasteiger partial charge on any atom is -0.493 e. The molecule has 0 bridgehead atoms. The molecule has 0 aromatic heterocycles. The highest BCUT2D eigenvalue weighted by Gasteiger charge is 2.23. The number of sulfonamides is 1. The van der Waals surface area contributed by atoms with Crippen molar-refractivity contribution >= 4 is 10.0 Å². The van der Waals surface area contributed by atoms with Gasteiger partial charge in [0.15, 0.2) is 11.5 Å². The van der Waals surface area contributed by atoms with Crippen LogP contribution in [-0.2, 0) is 16.4 Å². The van der Waals surface area contributed by atoms with Crippen molar-refractivity contribution in [3.8, 4) is 17.2 Å². The van der Waals surface area contributed by atoms with Crippen LogP contribution in [0, 0.1) is 13.8 Å². The second-order valence-electron chi connectivity index (χ2n) is 6.38. The van der Waals surface area contributed by atoms with E-state index >= 15 is 0 Å². The molecule has 0 unspecified atom stereocenters. The smallest absolute Gasteiger partial charge is 0.243 e. The second kappa shape index (κ2) is 8.63. The molecule has 27 heavy (non-hydrogen) atoms. The number of benzene rings is 2. The Morgan fingerprint density at radius 3 is 2.00 bits per heavy atom. The molecule has 0 N–H and O–H groups in total. The van der Waals surface area contributed by atoms with Crippen LogP contribution in [0.5, 0.6) is 17.2 Å². The molecule has 0 heterocycles. The molecular formula is C20H27NO5S. The van der Waals surface area contributed by atoms with Crippen molar-refractivity contribution in [1.29, 1.82) is 0 Å². The Kier molecular flexibility index (Phi) is 6.73. The molecule has 2 aromatic carbocycles. The average Bonchev–Trinajstić information content (AvgIpc) is 2.64. The van der Waals surface area contributed by atoms with Crippen molar-refractivity contribution in [3.63, 3.8) is 0 Å². The lowest BCUT2D eigenvalue weighted by Crippen LogP contribution is -2.29. The number of methoxy groups -OCH3 is 3. The minimum atomic E-state index is -3.55. The molecular weight excluding hydrogens is 366 g/mol. The summed E-state index contributed by atoms with van der Waals surface area (Å²) in [5.41, 5.74) is 2.67. The van der Waals surface area contributed by atoms with Gasteiger partial charge in [-0.15, -0.1) is 0 Å². The third kappa shape index (κ3) is 4.54. The number of hydrogen-bond acceptors (Lipinski definition) is 5. The molecule has 0 fully saturated rings. The fraction of sp³-hybridized carbons (Fsp3) is 0.400. The summed E-state index contributed by atoms with van der Waals surface area (Å²) in [6.07, 6.45) is 0.511. The fourth-order valence-corrected chi connectivity index (χ4v) is 4.32. The van der Waals surface area contributed by atoms with Crippen molar-refractivity contribution < 1.29 is 22.6 Å². The first-order valence-corrected chi connectivity index (χ1v) is 10.0. The molecule has 7 heteroatoms. The third-order valence-corrected chi connectivity index (χ3v) is 6.48. The van der Waals surface area contributed by atoms with Crippen LogP contribution >= 0.6 is 0 Å². The predicted molar refractivity (Wildman–Crippen MR) is 106 cm³/mol. The Morgan fingerprint density at radius 1 is 0.926 bits per heavy atom. The Morgan fingerprint density at radius 2 is 1.52 bits per heavy atom. The molecule has 0 spiro atoms. The van der Waals surface area contributed by atoms with Gasteiger partial charge in [-0.1, -0.05) is 17.7 Å². The third-order valence-electron chi connectivity index (χ3n) is 4.46. The van der Waals surface area contributed by atoms with Crippen molar-refractivity contribution in [3.05, 3.63) is 47.0 Å². The first-order valence-electron chi connectivity index (χ1n) is 8.57. The largest absolute Gasteiger partial charge is 0.493 e. The fourth-order valence-electron chi connectivity index (χ4n) is 2.94. The lowest BCUT2D eigenvalue weighted by molar-refractivity contribution is 0.323. The summed E-state index contributed by atoms with van der Waals surface area (Å²) in [4.78, 5) is 0.334. The number of likely N-dealkylation sites (N-methyl/N-ethyl adjacent to an activating group) is 1. The molecule has 2 aromatic rings. The van der Waals surface area contributed by atoms with E-state index in [1.165, 1.54) is 4.31 Å². The molecule has 148 valence electrons. The molecule has 0 saturated carbocycles. The number of ether oxygens (including phenoxy) is 3. The Labute approximate surface area is 161 Å². The summed E-state index contributed by atoms with van der Waals surface area (Å²) in [7, 11) is 2.69. The lowest BCUT2D eigenvalue weighted by atomic mass is 10.1. The van der Waals surface area contributed by atoms with Gasteiger partial charge in [-0.05, 0) is 49.6 Å². The summed E-state index contributed by atoms with van der Waals surface area (Å²) in [6, 6.07) is 9.01. The van der Waals surface area contributed by atoms with E-state index in [1.54, 1.807) is 34.4 Å². The topological polar surface area (TPSA) is 65.1 Å². The molecule has 0 saturated heterocycles. The van der Waals surface area contributed by atoms with E-state index in [0.717, 1.165) is 16.7 Å². The van der Waals surface area contributed by atoms with E-state index < -0.39 is 10.0 Å². The zero-order valence-electron chi connectivity index (χ0n) is 16.7. The van der Waals surface area contributed by atoms with E-state index in [1.807, 2.05) is 38.1 Å². The number of aryl methyl sites for hydroxylation is 2. The summed E-state index contributed by atoms with van der Waals surface area (Å²) < 4.78 is 43.2. The van der Waals surface area contributed by atoms with Gasteiger partial charge in [0, 0.05) is 13.6 Å². The highest BCUT2D eigenvalue weighted by Crippen LogP contribution is 2.38. The average molecular weight is 394 g/mol. The molecule has 0 radical (unpaired) electrons. The zero-order chi connectivity index (χ0) is 20.2. The van der Waals surface area contributed by atoms with Gasteiger partial charge in [-0.3, -0.25) is 0 Å². The van der Waals surface area contributed by atoms with E-state index in [9.17, 15) is 8.42 Å². The molecule has 0 aliphatic rings. The van der Waals surface area contributed by atoms with Gasteiger partial charge >= 0.3 is 0 Å². The Balaban J connectivity index is 2.23. The van der Waals surface area contributed by atoms with Gasteiger partial charge in [0.25, 0.3) is 0 Å². The van der Waals surface area contributed by atoms with E-state index in [0.29, 0.717) is 35.1 Å². The molecule has 0 amide bonds. The van der Waals surface area contributed by atoms with Crippen LogP contribution in [0.1, 0.15) is 16.7 Å². The lowest BCUT2D eigenvalue weighted by Gasteiger charge is -2.19. The maximum atomic E-state index is 12.9. The van der Waals surface area contributed by atoms with Crippen LogP contribution in [0.3, 0.4) is 0 Å². The maximum Gasteiger partial charge on any atom is 0.243 e. The van der Waals surface area contributed by atoms with Crippen LogP contribution < -0.4 is 14.2 Å². The molecule has 0 atom stereocenters. The molecule has 6 nitrogen and oxygen atoms in total. The molecule has 2 rings (SSSR count). The van der Waals surface area contributed by atoms with Crippen molar-refractivity contribution in [2.24, 2.45) is 0 Å². The monoisotopic (exact) mass is 393 g/mol. The molecule has 0 aliphatic carbocycles. The van der Waals surface area contributed by atoms with Gasteiger partial charge in [0.1, 0.15) is 0 Å². The van der Waals surface area contributed by atoms with Crippen LogP contribution in [0.4, 0.5) is 0 Å². The van der Waals surface area contributed by atoms with E-state index in [-0.39, 0.29) is 0 Å². The Hall–Kier alpha value is -2.25. The van der Waals surface area contributed by atoms with Gasteiger partial charge in [0.2, 0.25) is 15.8 Å². The Bertz CT molecular complexity index is 884. The van der Waals surface area contributed by atoms with Crippen LogP contribution in [-0.4, -0.2) is 47.6 Å². The summed E-state index contributed by atoms with van der Waals surface area (Å²) in [5.74, 6) is 1.61.